The second-order valence-corrected chi connectivity index (χ2v) is 3.15. The fraction of sp³-hybridized carbons (Fsp3) is 0.286. The first-order valence-electron chi connectivity index (χ1n) is 3.45. The predicted molar refractivity (Wildman–Crippen MR) is 49.9 cm³/mol. The van der Waals surface area contributed by atoms with Gasteiger partial charge in [0.05, 0.1) is 6.26 Å². The van der Waals surface area contributed by atoms with E-state index in [-0.39, 0.29) is 16.6 Å². The molecular formula is C7H7Cl2N3O. The van der Waals surface area contributed by atoms with Gasteiger partial charge in [-0.3, -0.25) is 0 Å². The van der Waals surface area contributed by atoms with Gasteiger partial charge in [-0.25, -0.2) is 0 Å². The molecule has 0 radical (unpaired) electrons. The van der Waals surface area contributed by atoms with Crippen molar-refractivity contribution in [1.82, 2.24) is 15.0 Å². The molecule has 0 saturated carbocycles. The van der Waals surface area contributed by atoms with E-state index in [9.17, 15) is 0 Å². The second-order valence-electron chi connectivity index (χ2n) is 2.47. The van der Waals surface area contributed by atoms with Gasteiger partial charge in [-0.1, -0.05) is 0 Å². The van der Waals surface area contributed by atoms with Gasteiger partial charge in [-0.2, -0.15) is 15.0 Å². The molecule has 6 heteroatoms. The summed E-state index contributed by atoms with van der Waals surface area (Å²) in [4.78, 5) is 11.0. The topological polar surface area (TPSA) is 47.9 Å². The predicted octanol–water partition coefficient (Wildman–Crippen LogP) is 2.48. The lowest BCUT2D eigenvalue weighted by atomic mass is 10.4. The summed E-state index contributed by atoms with van der Waals surface area (Å²) in [6.07, 6.45) is 1.50. The number of hydrogen-bond acceptors (Lipinski definition) is 4. The van der Waals surface area contributed by atoms with Crippen molar-refractivity contribution >= 4 is 23.2 Å². The maximum Gasteiger partial charge on any atom is 0.327 e. The minimum atomic E-state index is 0.0113. The molecule has 1 rings (SSSR count). The second kappa shape index (κ2) is 4.39. The molecule has 70 valence electrons. The van der Waals surface area contributed by atoms with Gasteiger partial charge in [0.1, 0.15) is 0 Å². The minimum Gasteiger partial charge on any atom is -0.432 e. The molecule has 0 aliphatic carbocycles. The third-order valence-electron chi connectivity index (χ3n) is 0.960. The average Bonchev–Trinajstić information content (AvgIpc) is 1.99. The summed E-state index contributed by atoms with van der Waals surface area (Å²) in [6.45, 7) is 3.76. The van der Waals surface area contributed by atoms with Crippen LogP contribution in [0.2, 0.25) is 10.6 Å². The molecule has 0 fully saturated rings. The Hall–Kier alpha value is -0.870. The zero-order valence-corrected chi connectivity index (χ0v) is 8.60. The van der Waals surface area contributed by atoms with Crippen molar-refractivity contribution in [3.05, 3.63) is 22.4 Å². The molecule has 1 aromatic heterocycles. The number of nitrogens with zero attached hydrogens (tertiary/aromatic N) is 3. The zero-order chi connectivity index (χ0) is 9.84. The van der Waals surface area contributed by atoms with Crippen molar-refractivity contribution in [1.29, 1.82) is 0 Å². The summed E-state index contributed by atoms with van der Waals surface area (Å²) >= 11 is 11.0. The summed E-state index contributed by atoms with van der Waals surface area (Å²) in [6, 6.07) is 0.0891. The van der Waals surface area contributed by atoms with Crippen LogP contribution in [-0.2, 0) is 0 Å². The SMILES string of the molecule is CC(C)=COc1nc(Cl)nc(Cl)n1. The molecule has 0 spiro atoms. The highest BCUT2D eigenvalue weighted by Gasteiger charge is 2.02. The molecule has 0 saturated heterocycles. The molecule has 0 amide bonds. The molecule has 1 aromatic rings. The van der Waals surface area contributed by atoms with Gasteiger partial charge < -0.3 is 4.74 Å². The quantitative estimate of drug-likeness (QED) is 0.718. The first-order chi connectivity index (χ1) is 6.08. The van der Waals surface area contributed by atoms with Crippen molar-refractivity contribution in [2.24, 2.45) is 0 Å². The monoisotopic (exact) mass is 219 g/mol. The first-order valence-corrected chi connectivity index (χ1v) is 4.20. The van der Waals surface area contributed by atoms with Crippen LogP contribution in [0.4, 0.5) is 0 Å². The van der Waals surface area contributed by atoms with Crippen molar-refractivity contribution in [3.63, 3.8) is 0 Å². The standard InChI is InChI=1S/C7H7Cl2N3O/c1-4(2)3-13-7-11-5(8)10-6(9)12-7/h3H,1-2H3. The lowest BCUT2D eigenvalue weighted by Crippen LogP contribution is -1.94. The van der Waals surface area contributed by atoms with Gasteiger partial charge in [0.15, 0.2) is 0 Å². The van der Waals surface area contributed by atoms with E-state index in [1.54, 1.807) is 0 Å². The maximum atomic E-state index is 5.52. The molecule has 13 heavy (non-hydrogen) atoms. The molecule has 0 N–H and O–H groups in total. The highest BCUT2D eigenvalue weighted by molar-refractivity contribution is 6.31. The van der Waals surface area contributed by atoms with Gasteiger partial charge in [0, 0.05) is 0 Å². The van der Waals surface area contributed by atoms with E-state index in [0.717, 1.165) is 5.57 Å². The fourth-order valence-electron chi connectivity index (χ4n) is 0.532. The van der Waals surface area contributed by atoms with Crippen LogP contribution in [0.1, 0.15) is 13.8 Å². The maximum absolute atomic E-state index is 5.52. The molecule has 0 aliphatic heterocycles. The summed E-state index contributed by atoms with van der Waals surface area (Å²) < 4.78 is 5.04. The van der Waals surface area contributed by atoms with Crippen LogP contribution in [0, 0.1) is 0 Å². The van der Waals surface area contributed by atoms with Crippen LogP contribution in [0.3, 0.4) is 0 Å². The van der Waals surface area contributed by atoms with Crippen LogP contribution in [-0.4, -0.2) is 15.0 Å². The highest BCUT2D eigenvalue weighted by atomic mass is 35.5. The number of halogens is 2. The summed E-state index contributed by atoms with van der Waals surface area (Å²) in [7, 11) is 0. The molecule has 0 unspecified atom stereocenters. The largest absolute Gasteiger partial charge is 0.432 e. The Kier molecular flexibility index (Phi) is 3.45. The Morgan fingerprint density at radius 3 is 2.15 bits per heavy atom. The summed E-state index contributed by atoms with van der Waals surface area (Å²) in [5, 5.41) is 0.0225. The van der Waals surface area contributed by atoms with Crippen molar-refractivity contribution in [2.45, 2.75) is 13.8 Å². The molecule has 1 heterocycles. The van der Waals surface area contributed by atoms with Crippen LogP contribution in [0.5, 0.6) is 6.01 Å². The molecule has 0 aliphatic rings. The van der Waals surface area contributed by atoms with Gasteiger partial charge in [0.2, 0.25) is 10.6 Å². The molecule has 0 bridgehead atoms. The van der Waals surface area contributed by atoms with E-state index >= 15 is 0 Å². The minimum absolute atomic E-state index is 0.0113. The van der Waals surface area contributed by atoms with Crippen LogP contribution in [0.15, 0.2) is 11.8 Å². The van der Waals surface area contributed by atoms with E-state index in [2.05, 4.69) is 15.0 Å². The van der Waals surface area contributed by atoms with Crippen molar-refractivity contribution in [3.8, 4) is 6.01 Å². The zero-order valence-electron chi connectivity index (χ0n) is 7.08. The lowest BCUT2D eigenvalue weighted by Gasteiger charge is -1.98. The van der Waals surface area contributed by atoms with E-state index in [1.807, 2.05) is 13.8 Å². The Labute approximate surface area is 85.6 Å². The lowest BCUT2D eigenvalue weighted by molar-refractivity contribution is 0.433. The third kappa shape index (κ3) is 3.57. The molecule has 0 aromatic carbocycles. The Morgan fingerprint density at radius 1 is 1.15 bits per heavy atom. The van der Waals surface area contributed by atoms with Gasteiger partial charge in [0.25, 0.3) is 0 Å². The Bertz CT molecular complexity index is 316. The normalized spacial score (nSPS) is 9.54. The van der Waals surface area contributed by atoms with Crippen molar-refractivity contribution < 1.29 is 4.74 Å². The van der Waals surface area contributed by atoms with Crippen LogP contribution < -0.4 is 4.74 Å². The average molecular weight is 220 g/mol. The van der Waals surface area contributed by atoms with E-state index in [4.69, 9.17) is 27.9 Å². The van der Waals surface area contributed by atoms with Gasteiger partial charge >= 0.3 is 6.01 Å². The number of ether oxygens (including phenoxy) is 1. The van der Waals surface area contributed by atoms with E-state index in [1.165, 1.54) is 6.26 Å². The number of rotatable bonds is 2. The smallest absolute Gasteiger partial charge is 0.327 e. The fourth-order valence-corrected chi connectivity index (χ4v) is 0.880. The molecule has 4 nitrogen and oxygen atoms in total. The van der Waals surface area contributed by atoms with Crippen molar-refractivity contribution in [2.75, 3.05) is 0 Å². The Balaban J connectivity index is 2.83. The highest BCUT2D eigenvalue weighted by Crippen LogP contribution is 2.11. The van der Waals surface area contributed by atoms with E-state index < -0.39 is 0 Å². The van der Waals surface area contributed by atoms with E-state index in [0.29, 0.717) is 0 Å². The van der Waals surface area contributed by atoms with Gasteiger partial charge in [-0.15, -0.1) is 0 Å². The third-order valence-corrected chi connectivity index (χ3v) is 1.30. The summed E-state index contributed by atoms with van der Waals surface area (Å²) in [5.74, 6) is 0. The van der Waals surface area contributed by atoms with Crippen LogP contribution in [0.25, 0.3) is 0 Å². The van der Waals surface area contributed by atoms with Gasteiger partial charge in [-0.05, 0) is 42.6 Å². The Morgan fingerprint density at radius 2 is 1.69 bits per heavy atom. The van der Waals surface area contributed by atoms with Crippen LogP contribution >= 0.6 is 23.2 Å². The molecular weight excluding hydrogens is 213 g/mol. The summed E-state index contributed by atoms with van der Waals surface area (Å²) in [5.41, 5.74) is 0.979. The molecule has 0 atom stereocenters. The number of aromatic nitrogens is 3. The number of hydrogen-bond donors (Lipinski definition) is 0. The first kappa shape index (κ1) is 10.2. The number of allylic oxidation sites excluding steroid dienone is 1.